The van der Waals surface area contributed by atoms with E-state index in [1.54, 1.807) is 16.5 Å². The summed E-state index contributed by atoms with van der Waals surface area (Å²) in [6.45, 7) is 20.3. The largest absolute Gasteiger partial charge is 0.464 e. The van der Waals surface area contributed by atoms with E-state index in [2.05, 4.69) is 59.4 Å². The zero-order valence-corrected chi connectivity index (χ0v) is 33.0. The van der Waals surface area contributed by atoms with Gasteiger partial charge < -0.3 is 14.7 Å². The molecular weight excluding hydrogens is 663 g/mol. The number of carbonyl (C=O) groups is 2. The number of ether oxygens (including phenoxy) is 1. The van der Waals surface area contributed by atoms with Gasteiger partial charge in [-0.15, -0.1) is 0 Å². The number of hydrogen-bond acceptors (Lipinski definition) is 5. The molecule has 0 aromatic heterocycles. The Balaban J connectivity index is 1.05. The summed E-state index contributed by atoms with van der Waals surface area (Å²) >= 11 is 6.17. The molecule has 51 heavy (non-hydrogen) atoms. The molecule has 1 aromatic carbocycles. The minimum Gasteiger partial charge on any atom is -0.464 e. The smallest absolute Gasteiger partial charge is 0.312 e. The van der Waals surface area contributed by atoms with Gasteiger partial charge >= 0.3 is 5.97 Å². The molecular formula is C43H62ClFN2O4. The van der Waals surface area contributed by atoms with Gasteiger partial charge in [-0.25, -0.2) is 4.39 Å². The van der Waals surface area contributed by atoms with Crippen molar-refractivity contribution in [1.29, 1.82) is 0 Å². The number of aliphatic hydroxyl groups is 1. The first kappa shape index (κ1) is 37.4. The maximum atomic E-state index is 14.5. The minimum absolute atomic E-state index is 0.0110. The molecule has 7 rings (SSSR count). The van der Waals surface area contributed by atoms with Gasteiger partial charge in [0.15, 0.2) is 0 Å². The number of fused-ring (bicyclic) bond motifs is 7. The average molecular weight is 725 g/mol. The summed E-state index contributed by atoms with van der Waals surface area (Å²) in [6, 6.07) is 4.32. The normalized spacial score (nSPS) is 42.1. The molecule has 0 radical (unpaired) electrons. The first-order chi connectivity index (χ1) is 24.0. The van der Waals surface area contributed by atoms with Crippen LogP contribution in [0.5, 0.6) is 0 Å². The molecule has 5 aliphatic carbocycles. The fraction of sp³-hybridized carbons (Fsp3) is 0.767. The van der Waals surface area contributed by atoms with Crippen molar-refractivity contribution >= 4 is 23.5 Å². The van der Waals surface area contributed by atoms with Crippen LogP contribution in [0.2, 0.25) is 5.02 Å². The highest BCUT2D eigenvalue weighted by Crippen LogP contribution is 2.75. The minimum atomic E-state index is -0.595. The second-order valence-corrected chi connectivity index (χ2v) is 19.5. The number of amides is 1. The maximum Gasteiger partial charge on any atom is 0.312 e. The molecule has 10 atom stereocenters. The van der Waals surface area contributed by atoms with Crippen molar-refractivity contribution in [2.75, 3.05) is 39.3 Å². The summed E-state index contributed by atoms with van der Waals surface area (Å²) in [6.07, 6.45) is 11.6. The zero-order valence-electron chi connectivity index (χ0n) is 32.2. The molecule has 1 aliphatic heterocycles. The molecule has 0 unspecified atom stereocenters. The third-order valence-corrected chi connectivity index (χ3v) is 17.2. The number of allylic oxidation sites excluding steroid dienone is 2. The molecule has 0 spiro atoms. The summed E-state index contributed by atoms with van der Waals surface area (Å²) in [5.74, 6) is 1.26. The highest BCUT2D eigenvalue weighted by molar-refractivity contribution is 6.33. The van der Waals surface area contributed by atoms with Crippen molar-refractivity contribution in [3.05, 3.63) is 46.3 Å². The van der Waals surface area contributed by atoms with E-state index in [0.29, 0.717) is 63.0 Å². The van der Waals surface area contributed by atoms with Crippen LogP contribution in [0.3, 0.4) is 0 Å². The molecule has 6 nitrogen and oxygen atoms in total. The SMILES string of the molecule is C[C@H]1[C@H](C)CC[C@]2(C(=O)OCCN3CCN(C(=O)c4c(F)cccc4Cl)CC3)CC[C@]3(C)C(=CC[C@@H]4[C@@]5(C)CC[C@H](O)C(C)(C)[C@@H]5CC[C@]43C)[C@H]12. The number of benzene rings is 1. The number of nitrogens with zero attached hydrogens (tertiary/aromatic N) is 2. The monoisotopic (exact) mass is 724 g/mol. The first-order valence-electron chi connectivity index (χ1n) is 20.0. The molecule has 1 amide bonds. The third kappa shape index (κ3) is 5.58. The number of piperazine rings is 1. The van der Waals surface area contributed by atoms with Gasteiger partial charge in [-0.05, 0) is 121 Å². The summed E-state index contributed by atoms with van der Waals surface area (Å²) in [5.41, 5.74) is 1.32. The number of carbonyl (C=O) groups excluding carboxylic acids is 2. The van der Waals surface area contributed by atoms with Crippen molar-refractivity contribution in [2.24, 2.45) is 56.7 Å². The lowest BCUT2D eigenvalue weighted by Gasteiger charge is -2.71. The van der Waals surface area contributed by atoms with Crippen molar-refractivity contribution in [3.8, 4) is 0 Å². The van der Waals surface area contributed by atoms with Crippen LogP contribution in [-0.2, 0) is 9.53 Å². The third-order valence-electron chi connectivity index (χ3n) is 16.9. The topological polar surface area (TPSA) is 70.1 Å². The van der Waals surface area contributed by atoms with Gasteiger partial charge in [-0.2, -0.15) is 0 Å². The Morgan fingerprint density at radius 2 is 1.67 bits per heavy atom. The number of esters is 1. The highest BCUT2D eigenvalue weighted by atomic mass is 35.5. The van der Waals surface area contributed by atoms with Crippen LogP contribution in [0.25, 0.3) is 0 Å². The van der Waals surface area contributed by atoms with Gasteiger partial charge in [0.25, 0.3) is 5.91 Å². The Kier molecular flexibility index (Phi) is 9.60. The number of aliphatic hydroxyl groups excluding tert-OH is 1. The molecule has 0 bridgehead atoms. The van der Waals surface area contributed by atoms with Crippen LogP contribution in [0.15, 0.2) is 29.8 Å². The predicted octanol–water partition coefficient (Wildman–Crippen LogP) is 8.80. The Morgan fingerprint density at radius 1 is 0.941 bits per heavy atom. The van der Waals surface area contributed by atoms with Crippen molar-refractivity contribution in [1.82, 2.24) is 9.80 Å². The van der Waals surface area contributed by atoms with Crippen LogP contribution in [0.1, 0.15) is 117 Å². The summed E-state index contributed by atoms with van der Waals surface area (Å²) in [5, 5.41) is 11.2. The Labute approximate surface area is 310 Å². The molecule has 5 fully saturated rings. The molecule has 1 heterocycles. The van der Waals surface area contributed by atoms with Crippen LogP contribution in [0.4, 0.5) is 4.39 Å². The lowest BCUT2D eigenvalue weighted by atomic mass is 9.33. The lowest BCUT2D eigenvalue weighted by molar-refractivity contribution is -0.207. The molecule has 1 N–H and O–H groups in total. The van der Waals surface area contributed by atoms with E-state index in [-0.39, 0.29) is 56.1 Å². The number of rotatable bonds is 5. The lowest BCUT2D eigenvalue weighted by Crippen LogP contribution is -2.65. The number of hydrogen-bond donors (Lipinski definition) is 1. The standard InChI is InChI=1S/C43H62ClFN2O4/c1-27-13-18-43(38(50)51-26-25-46-21-23-47(24-22-46)37(49)35-30(44)9-8-10-31(35)45)20-19-41(6)29(36(43)28(27)2)11-12-33-40(5)16-15-34(48)39(3,4)32(40)14-17-42(33,41)7/h8-11,27-28,32-34,36,48H,12-26H2,1-7H3/t27-,28+,32+,33-,34+,36+,40+,41-,42-,43+/m1/s1. The van der Waals surface area contributed by atoms with Gasteiger partial charge in [-0.3, -0.25) is 14.5 Å². The molecule has 1 aromatic rings. The Bertz CT molecular complexity index is 1550. The molecule has 8 heteroatoms. The summed E-state index contributed by atoms with van der Waals surface area (Å²) in [7, 11) is 0. The van der Waals surface area contributed by atoms with E-state index >= 15 is 0 Å². The average Bonchev–Trinajstić information content (AvgIpc) is 3.08. The molecule has 282 valence electrons. The van der Waals surface area contributed by atoms with E-state index in [4.69, 9.17) is 16.3 Å². The number of halogens is 2. The summed E-state index contributed by atoms with van der Waals surface area (Å²) < 4.78 is 20.7. The predicted molar refractivity (Wildman–Crippen MR) is 200 cm³/mol. The van der Waals surface area contributed by atoms with Crippen LogP contribution < -0.4 is 0 Å². The van der Waals surface area contributed by atoms with E-state index in [1.165, 1.54) is 25.0 Å². The van der Waals surface area contributed by atoms with Gasteiger partial charge in [0.05, 0.1) is 22.1 Å². The van der Waals surface area contributed by atoms with Gasteiger partial charge in [0, 0.05) is 32.7 Å². The van der Waals surface area contributed by atoms with Crippen LogP contribution in [0, 0.1) is 62.5 Å². The van der Waals surface area contributed by atoms with E-state index in [9.17, 15) is 19.1 Å². The Hall–Kier alpha value is -1.96. The van der Waals surface area contributed by atoms with Gasteiger partial charge in [0.1, 0.15) is 12.4 Å². The second-order valence-electron chi connectivity index (χ2n) is 19.0. The van der Waals surface area contributed by atoms with Crippen LogP contribution in [-0.4, -0.2) is 72.2 Å². The zero-order chi connectivity index (χ0) is 36.7. The Morgan fingerprint density at radius 3 is 2.37 bits per heavy atom. The maximum absolute atomic E-state index is 14.5. The second kappa shape index (κ2) is 13.1. The molecule has 1 saturated heterocycles. The summed E-state index contributed by atoms with van der Waals surface area (Å²) in [4.78, 5) is 31.4. The molecule has 4 saturated carbocycles. The van der Waals surface area contributed by atoms with Gasteiger partial charge in [-0.1, -0.05) is 77.8 Å². The fourth-order valence-electron chi connectivity index (χ4n) is 13.3. The highest BCUT2D eigenvalue weighted by Gasteiger charge is 2.69. The van der Waals surface area contributed by atoms with Crippen LogP contribution >= 0.6 is 11.6 Å². The van der Waals surface area contributed by atoms with Crippen molar-refractivity contribution in [2.45, 2.75) is 112 Å². The first-order valence-corrected chi connectivity index (χ1v) is 20.4. The van der Waals surface area contributed by atoms with E-state index in [1.807, 2.05) is 0 Å². The quantitative estimate of drug-likeness (QED) is 0.243. The van der Waals surface area contributed by atoms with Crippen molar-refractivity contribution in [3.63, 3.8) is 0 Å². The van der Waals surface area contributed by atoms with E-state index < -0.39 is 11.2 Å². The van der Waals surface area contributed by atoms with Crippen molar-refractivity contribution < 1.29 is 23.8 Å². The molecule has 6 aliphatic rings. The fourth-order valence-corrected chi connectivity index (χ4v) is 13.5. The van der Waals surface area contributed by atoms with Gasteiger partial charge in [0.2, 0.25) is 0 Å². The van der Waals surface area contributed by atoms with E-state index in [0.717, 1.165) is 44.9 Å².